The molecule has 0 radical (unpaired) electrons. The molecule has 0 spiro atoms. The average Bonchev–Trinajstić information content (AvgIpc) is 2.27. The fourth-order valence-corrected chi connectivity index (χ4v) is 1.93. The molecule has 16 heavy (non-hydrogen) atoms. The van der Waals surface area contributed by atoms with Crippen molar-refractivity contribution in [1.29, 1.82) is 0 Å². The highest BCUT2D eigenvalue weighted by atomic mass is 16.6. The third kappa shape index (κ3) is 4.92. The van der Waals surface area contributed by atoms with Gasteiger partial charge in [-0.05, 0) is 12.8 Å². The molecule has 0 aromatic heterocycles. The lowest BCUT2D eigenvalue weighted by Gasteiger charge is -2.23. The van der Waals surface area contributed by atoms with Crippen LogP contribution >= 0.6 is 0 Å². The Morgan fingerprint density at radius 3 is 1.75 bits per heavy atom. The van der Waals surface area contributed by atoms with Crippen LogP contribution in [0.3, 0.4) is 0 Å². The second-order valence-electron chi connectivity index (χ2n) is 4.55. The molecule has 0 aromatic carbocycles. The summed E-state index contributed by atoms with van der Waals surface area (Å²) < 4.78 is 0. The van der Waals surface area contributed by atoms with Crippen LogP contribution in [0, 0.1) is 10.1 Å². The summed E-state index contributed by atoms with van der Waals surface area (Å²) in [7, 11) is 0. The van der Waals surface area contributed by atoms with E-state index in [1.807, 2.05) is 0 Å². The van der Waals surface area contributed by atoms with Crippen LogP contribution in [-0.4, -0.2) is 22.2 Å². The molecule has 0 aliphatic carbocycles. The predicted octanol–water partition coefficient (Wildman–Crippen LogP) is 3.15. The van der Waals surface area contributed by atoms with E-state index in [9.17, 15) is 15.2 Å². The second kappa shape index (κ2) is 8.50. The fourth-order valence-electron chi connectivity index (χ4n) is 1.93. The van der Waals surface area contributed by atoms with Gasteiger partial charge in [-0.25, -0.2) is 0 Å². The maximum atomic E-state index is 11.1. The van der Waals surface area contributed by atoms with Crippen LogP contribution < -0.4 is 0 Å². The second-order valence-corrected chi connectivity index (χ2v) is 4.55. The van der Waals surface area contributed by atoms with Crippen molar-refractivity contribution < 1.29 is 10.0 Å². The fraction of sp³-hybridized carbons (Fsp3) is 1.00. The van der Waals surface area contributed by atoms with Crippen LogP contribution in [0.2, 0.25) is 0 Å². The van der Waals surface area contributed by atoms with E-state index in [4.69, 9.17) is 0 Å². The van der Waals surface area contributed by atoms with Gasteiger partial charge in [0.15, 0.2) is 0 Å². The van der Waals surface area contributed by atoms with E-state index in [1.54, 1.807) is 0 Å². The van der Waals surface area contributed by atoms with E-state index >= 15 is 0 Å². The molecular weight excluding hydrogens is 206 g/mol. The summed E-state index contributed by atoms with van der Waals surface area (Å²) in [5.74, 6) is 0. The third-order valence-electron chi connectivity index (χ3n) is 3.17. The summed E-state index contributed by atoms with van der Waals surface area (Å²) in [5, 5.41) is 20.4. The lowest BCUT2D eigenvalue weighted by Crippen LogP contribution is -2.42. The highest BCUT2D eigenvalue weighted by molar-refractivity contribution is 4.78. The minimum atomic E-state index is -1.08. The molecule has 4 nitrogen and oxygen atoms in total. The summed E-state index contributed by atoms with van der Waals surface area (Å²) in [4.78, 5) is 10.8. The Balaban J connectivity index is 4.27. The van der Waals surface area contributed by atoms with Crippen LogP contribution in [0.4, 0.5) is 0 Å². The molecule has 1 N–H and O–H groups in total. The van der Waals surface area contributed by atoms with Gasteiger partial charge in [0.1, 0.15) is 6.61 Å². The number of hydrogen-bond donors (Lipinski definition) is 1. The summed E-state index contributed by atoms with van der Waals surface area (Å²) in [5.41, 5.74) is -1.08. The summed E-state index contributed by atoms with van der Waals surface area (Å²) in [6, 6.07) is 0. The Bertz CT molecular complexity index is 185. The molecule has 0 bridgehead atoms. The molecule has 0 aromatic rings. The topological polar surface area (TPSA) is 63.4 Å². The van der Waals surface area contributed by atoms with Gasteiger partial charge in [-0.3, -0.25) is 10.1 Å². The zero-order chi connectivity index (χ0) is 12.4. The van der Waals surface area contributed by atoms with Crippen molar-refractivity contribution in [3.05, 3.63) is 10.1 Å². The maximum Gasteiger partial charge on any atom is 0.244 e. The molecule has 0 unspecified atom stereocenters. The standard InChI is InChI=1S/C12H25NO3/c1-3-5-7-9-12(11-14,13(15)16)10-8-6-4-2/h14H,3-11H2,1-2H3. The van der Waals surface area contributed by atoms with Gasteiger partial charge in [-0.2, -0.15) is 0 Å². The number of unbranched alkanes of at least 4 members (excludes halogenated alkanes) is 4. The van der Waals surface area contributed by atoms with Gasteiger partial charge in [-0.15, -0.1) is 0 Å². The van der Waals surface area contributed by atoms with Crippen LogP contribution in [0.25, 0.3) is 0 Å². The van der Waals surface area contributed by atoms with Crippen LogP contribution in [-0.2, 0) is 0 Å². The lowest BCUT2D eigenvalue weighted by atomic mass is 9.88. The summed E-state index contributed by atoms with van der Waals surface area (Å²) in [6.07, 6.45) is 6.80. The molecule has 0 saturated heterocycles. The van der Waals surface area contributed by atoms with Crippen molar-refractivity contribution in [3.8, 4) is 0 Å². The first-order chi connectivity index (χ1) is 7.63. The average molecular weight is 231 g/mol. The highest BCUT2D eigenvalue weighted by Crippen LogP contribution is 2.25. The van der Waals surface area contributed by atoms with E-state index in [0.29, 0.717) is 12.8 Å². The smallest absolute Gasteiger partial charge is 0.244 e. The normalized spacial score (nSPS) is 11.7. The van der Waals surface area contributed by atoms with E-state index < -0.39 is 5.54 Å². The lowest BCUT2D eigenvalue weighted by molar-refractivity contribution is -0.576. The van der Waals surface area contributed by atoms with Gasteiger partial charge in [-0.1, -0.05) is 39.5 Å². The van der Waals surface area contributed by atoms with Crippen molar-refractivity contribution in [3.63, 3.8) is 0 Å². The number of nitro groups is 1. The summed E-state index contributed by atoms with van der Waals surface area (Å²) in [6.45, 7) is 3.82. The molecule has 4 heteroatoms. The van der Waals surface area contributed by atoms with Crippen LogP contribution in [0.1, 0.15) is 65.2 Å². The molecular formula is C12H25NO3. The molecule has 0 aliphatic heterocycles. The Kier molecular flexibility index (Phi) is 8.16. The van der Waals surface area contributed by atoms with Crippen molar-refractivity contribution in [1.82, 2.24) is 0 Å². The summed E-state index contributed by atoms with van der Waals surface area (Å²) >= 11 is 0. The van der Waals surface area contributed by atoms with Gasteiger partial charge >= 0.3 is 0 Å². The number of rotatable bonds is 10. The van der Waals surface area contributed by atoms with E-state index in [1.165, 1.54) is 0 Å². The Morgan fingerprint density at radius 1 is 1.06 bits per heavy atom. The van der Waals surface area contributed by atoms with Crippen LogP contribution in [0.5, 0.6) is 0 Å². The van der Waals surface area contributed by atoms with Crippen LogP contribution in [0.15, 0.2) is 0 Å². The van der Waals surface area contributed by atoms with E-state index in [0.717, 1.165) is 38.5 Å². The number of nitrogens with zero attached hydrogens (tertiary/aromatic N) is 1. The number of aliphatic hydroxyl groups excluding tert-OH is 1. The van der Waals surface area contributed by atoms with Crippen molar-refractivity contribution in [2.75, 3.05) is 6.61 Å². The first-order valence-corrected chi connectivity index (χ1v) is 6.38. The minimum Gasteiger partial charge on any atom is -0.389 e. The highest BCUT2D eigenvalue weighted by Gasteiger charge is 2.40. The van der Waals surface area contributed by atoms with Gasteiger partial charge in [0.25, 0.3) is 0 Å². The SMILES string of the molecule is CCCCCC(CO)(CCCCC)[N+](=O)[O-]. The molecule has 0 heterocycles. The van der Waals surface area contributed by atoms with E-state index in [2.05, 4.69) is 13.8 Å². The Labute approximate surface area is 98.2 Å². The third-order valence-corrected chi connectivity index (χ3v) is 3.17. The van der Waals surface area contributed by atoms with Crippen molar-refractivity contribution >= 4 is 0 Å². The van der Waals surface area contributed by atoms with Gasteiger partial charge < -0.3 is 5.11 Å². The molecule has 0 aliphatic rings. The molecule has 0 fully saturated rings. The Hall–Kier alpha value is -0.640. The van der Waals surface area contributed by atoms with Gasteiger partial charge in [0, 0.05) is 17.8 Å². The maximum absolute atomic E-state index is 11.1. The Morgan fingerprint density at radius 2 is 1.50 bits per heavy atom. The van der Waals surface area contributed by atoms with E-state index in [-0.39, 0.29) is 11.5 Å². The largest absolute Gasteiger partial charge is 0.389 e. The molecule has 0 saturated carbocycles. The van der Waals surface area contributed by atoms with Crippen molar-refractivity contribution in [2.24, 2.45) is 0 Å². The molecule has 0 amide bonds. The first-order valence-electron chi connectivity index (χ1n) is 6.38. The number of aliphatic hydroxyl groups is 1. The molecule has 96 valence electrons. The minimum absolute atomic E-state index is 0.266. The van der Waals surface area contributed by atoms with Crippen molar-refractivity contribution in [2.45, 2.75) is 70.8 Å². The zero-order valence-corrected chi connectivity index (χ0v) is 10.6. The predicted molar refractivity (Wildman–Crippen MR) is 65.1 cm³/mol. The number of hydrogen-bond acceptors (Lipinski definition) is 3. The van der Waals surface area contributed by atoms with Gasteiger partial charge in [0.05, 0.1) is 0 Å². The van der Waals surface area contributed by atoms with Gasteiger partial charge in [0.2, 0.25) is 5.54 Å². The monoisotopic (exact) mass is 231 g/mol. The quantitative estimate of drug-likeness (QED) is 0.357. The molecule has 0 atom stereocenters. The molecule has 0 rings (SSSR count). The zero-order valence-electron chi connectivity index (χ0n) is 10.6. The first kappa shape index (κ1) is 15.4.